The van der Waals surface area contributed by atoms with Gasteiger partial charge in [0.05, 0.1) is 0 Å². The Morgan fingerprint density at radius 2 is 1.96 bits per heavy atom. The average Bonchev–Trinajstić information content (AvgIpc) is 3.09. The summed E-state index contributed by atoms with van der Waals surface area (Å²) in [7, 11) is 1.56. The van der Waals surface area contributed by atoms with Crippen LogP contribution in [0.1, 0.15) is 30.8 Å². The van der Waals surface area contributed by atoms with E-state index in [0.29, 0.717) is 10.7 Å². The SMILES string of the molecule is CC[C@@H](C)[C@H](NC(=O)c1csc(-c2ccc(Cl)cc2)n1)C(=O)NC. The van der Waals surface area contributed by atoms with E-state index in [1.165, 1.54) is 11.3 Å². The molecule has 0 aliphatic rings. The fourth-order valence-electron chi connectivity index (χ4n) is 2.18. The monoisotopic (exact) mass is 365 g/mol. The molecule has 1 aromatic heterocycles. The van der Waals surface area contributed by atoms with Crippen LogP contribution in [0.3, 0.4) is 0 Å². The second-order valence-electron chi connectivity index (χ2n) is 5.50. The lowest BCUT2D eigenvalue weighted by Gasteiger charge is -2.22. The Bertz CT molecular complexity index is 715. The van der Waals surface area contributed by atoms with Crippen LogP contribution in [0.4, 0.5) is 0 Å². The molecule has 5 nitrogen and oxygen atoms in total. The maximum atomic E-state index is 12.4. The second kappa shape index (κ2) is 8.26. The van der Waals surface area contributed by atoms with E-state index in [-0.39, 0.29) is 17.7 Å². The number of nitrogens with one attached hydrogen (secondary N) is 2. The Morgan fingerprint density at radius 1 is 1.29 bits per heavy atom. The fraction of sp³-hybridized carbons (Fsp3) is 0.353. The van der Waals surface area contributed by atoms with Crippen molar-refractivity contribution in [3.05, 3.63) is 40.4 Å². The molecular weight excluding hydrogens is 346 g/mol. The molecule has 128 valence electrons. The van der Waals surface area contributed by atoms with Crippen molar-refractivity contribution >= 4 is 34.8 Å². The molecule has 0 aliphatic heterocycles. The van der Waals surface area contributed by atoms with Gasteiger partial charge in [0.2, 0.25) is 5.91 Å². The summed E-state index contributed by atoms with van der Waals surface area (Å²) in [5.41, 5.74) is 1.20. The molecular formula is C17H20ClN3O2S. The lowest BCUT2D eigenvalue weighted by molar-refractivity contribution is -0.123. The molecule has 2 amide bonds. The topological polar surface area (TPSA) is 71.1 Å². The summed E-state index contributed by atoms with van der Waals surface area (Å²) in [6, 6.07) is 6.70. The van der Waals surface area contributed by atoms with Crippen molar-refractivity contribution in [3.8, 4) is 10.6 Å². The van der Waals surface area contributed by atoms with Crippen molar-refractivity contribution in [1.29, 1.82) is 0 Å². The summed E-state index contributed by atoms with van der Waals surface area (Å²) in [6.07, 6.45) is 0.783. The van der Waals surface area contributed by atoms with Gasteiger partial charge < -0.3 is 10.6 Å². The van der Waals surface area contributed by atoms with Crippen molar-refractivity contribution in [2.45, 2.75) is 26.3 Å². The van der Waals surface area contributed by atoms with Crippen LogP contribution in [0.25, 0.3) is 10.6 Å². The van der Waals surface area contributed by atoms with E-state index in [4.69, 9.17) is 11.6 Å². The third-order valence-corrected chi connectivity index (χ3v) is 5.00. The first kappa shape index (κ1) is 18.4. The molecule has 24 heavy (non-hydrogen) atoms. The number of amides is 2. The van der Waals surface area contributed by atoms with Gasteiger partial charge >= 0.3 is 0 Å². The smallest absolute Gasteiger partial charge is 0.271 e. The minimum atomic E-state index is -0.576. The summed E-state index contributed by atoms with van der Waals surface area (Å²) < 4.78 is 0. The molecule has 0 unspecified atom stereocenters. The zero-order chi connectivity index (χ0) is 17.7. The van der Waals surface area contributed by atoms with Gasteiger partial charge in [0.1, 0.15) is 16.7 Å². The summed E-state index contributed by atoms with van der Waals surface area (Å²) in [5.74, 6) is -0.519. The highest BCUT2D eigenvalue weighted by Crippen LogP contribution is 2.25. The minimum absolute atomic E-state index is 0.0308. The molecule has 0 spiro atoms. The van der Waals surface area contributed by atoms with Crippen molar-refractivity contribution in [1.82, 2.24) is 15.6 Å². The van der Waals surface area contributed by atoms with Crippen LogP contribution in [-0.2, 0) is 4.79 Å². The van der Waals surface area contributed by atoms with Gasteiger partial charge in [-0.15, -0.1) is 11.3 Å². The predicted molar refractivity (Wildman–Crippen MR) is 97.3 cm³/mol. The first-order valence-corrected chi connectivity index (χ1v) is 8.96. The normalized spacial score (nSPS) is 13.2. The van der Waals surface area contributed by atoms with E-state index in [9.17, 15) is 9.59 Å². The summed E-state index contributed by atoms with van der Waals surface area (Å²) in [6.45, 7) is 3.91. The average molecular weight is 366 g/mol. The van der Waals surface area contributed by atoms with Gasteiger partial charge in [0.15, 0.2) is 0 Å². The molecule has 1 aromatic carbocycles. The van der Waals surface area contributed by atoms with Gasteiger partial charge in [-0.05, 0) is 18.1 Å². The predicted octanol–water partition coefficient (Wildman–Crippen LogP) is 3.35. The van der Waals surface area contributed by atoms with Crippen molar-refractivity contribution in [3.63, 3.8) is 0 Å². The third kappa shape index (κ3) is 4.33. The van der Waals surface area contributed by atoms with E-state index in [0.717, 1.165) is 17.0 Å². The van der Waals surface area contributed by atoms with Gasteiger partial charge in [0, 0.05) is 23.0 Å². The molecule has 0 radical (unpaired) electrons. The number of halogens is 1. The summed E-state index contributed by atoms with van der Waals surface area (Å²) in [5, 5.41) is 8.44. The minimum Gasteiger partial charge on any atom is -0.357 e. The standard InChI is InChI=1S/C17H20ClN3O2S/c1-4-10(2)14(16(23)19-3)21-15(22)13-9-24-17(20-13)11-5-7-12(18)8-6-11/h5-10,14H,4H2,1-3H3,(H,19,23)(H,21,22)/t10-,14+/m1/s1. The van der Waals surface area contributed by atoms with Crippen molar-refractivity contribution < 1.29 is 9.59 Å². The zero-order valence-corrected chi connectivity index (χ0v) is 15.4. The maximum absolute atomic E-state index is 12.4. The van der Waals surface area contributed by atoms with Gasteiger partial charge in [-0.1, -0.05) is 44.0 Å². The summed E-state index contributed by atoms with van der Waals surface area (Å²) in [4.78, 5) is 28.8. The van der Waals surface area contributed by atoms with Crippen LogP contribution in [0.15, 0.2) is 29.6 Å². The molecule has 0 bridgehead atoms. The molecule has 2 aromatic rings. The van der Waals surface area contributed by atoms with Crippen LogP contribution < -0.4 is 10.6 Å². The van der Waals surface area contributed by atoms with E-state index in [2.05, 4.69) is 15.6 Å². The highest BCUT2D eigenvalue weighted by Gasteiger charge is 2.26. The number of nitrogens with zero attached hydrogens (tertiary/aromatic N) is 1. The quantitative estimate of drug-likeness (QED) is 0.824. The van der Waals surface area contributed by atoms with Crippen LogP contribution in [0.5, 0.6) is 0 Å². The first-order chi connectivity index (χ1) is 11.5. The molecule has 0 saturated heterocycles. The Hall–Kier alpha value is -1.92. The lowest BCUT2D eigenvalue weighted by Crippen LogP contribution is -2.49. The van der Waals surface area contributed by atoms with Crippen LogP contribution >= 0.6 is 22.9 Å². The zero-order valence-electron chi connectivity index (χ0n) is 13.8. The van der Waals surface area contributed by atoms with E-state index in [1.807, 2.05) is 26.0 Å². The van der Waals surface area contributed by atoms with E-state index < -0.39 is 6.04 Å². The third-order valence-electron chi connectivity index (χ3n) is 3.86. The first-order valence-electron chi connectivity index (χ1n) is 7.70. The van der Waals surface area contributed by atoms with E-state index in [1.54, 1.807) is 24.6 Å². The van der Waals surface area contributed by atoms with Crippen LogP contribution in [0.2, 0.25) is 5.02 Å². The molecule has 0 aliphatic carbocycles. The molecule has 1 heterocycles. The summed E-state index contributed by atoms with van der Waals surface area (Å²) >= 11 is 7.26. The fourth-order valence-corrected chi connectivity index (χ4v) is 3.11. The maximum Gasteiger partial charge on any atom is 0.271 e. The highest BCUT2D eigenvalue weighted by atomic mass is 35.5. The highest BCUT2D eigenvalue weighted by molar-refractivity contribution is 7.13. The molecule has 7 heteroatoms. The lowest BCUT2D eigenvalue weighted by atomic mass is 9.98. The molecule has 2 atom stereocenters. The molecule has 0 saturated carbocycles. The number of rotatable bonds is 6. The Labute approximate surface area is 150 Å². The Kier molecular flexibility index (Phi) is 6.34. The van der Waals surface area contributed by atoms with E-state index >= 15 is 0 Å². The number of hydrogen-bond donors (Lipinski definition) is 2. The van der Waals surface area contributed by atoms with Crippen LogP contribution in [-0.4, -0.2) is 29.9 Å². The molecule has 2 N–H and O–H groups in total. The van der Waals surface area contributed by atoms with Crippen molar-refractivity contribution in [2.24, 2.45) is 5.92 Å². The number of likely N-dealkylation sites (N-methyl/N-ethyl adjacent to an activating group) is 1. The van der Waals surface area contributed by atoms with Crippen molar-refractivity contribution in [2.75, 3.05) is 7.05 Å². The second-order valence-corrected chi connectivity index (χ2v) is 6.79. The van der Waals surface area contributed by atoms with Gasteiger partial charge in [0.25, 0.3) is 5.91 Å². The molecule has 0 fully saturated rings. The number of thiazole rings is 1. The Balaban J connectivity index is 2.15. The van der Waals surface area contributed by atoms with Gasteiger partial charge in [-0.2, -0.15) is 0 Å². The number of hydrogen-bond acceptors (Lipinski definition) is 4. The van der Waals surface area contributed by atoms with Gasteiger partial charge in [-0.3, -0.25) is 9.59 Å². The largest absolute Gasteiger partial charge is 0.357 e. The Morgan fingerprint density at radius 3 is 2.54 bits per heavy atom. The number of carbonyl (C=O) groups excluding carboxylic acids is 2. The number of aromatic nitrogens is 1. The number of benzene rings is 1. The number of carbonyl (C=O) groups is 2. The van der Waals surface area contributed by atoms with Crippen LogP contribution in [0, 0.1) is 5.92 Å². The molecule has 2 rings (SSSR count). The van der Waals surface area contributed by atoms with Gasteiger partial charge in [-0.25, -0.2) is 4.98 Å².